The molecular weight excluding hydrogens is 303 g/mol. The molecule has 0 radical (unpaired) electrons. The fraction of sp³-hybridized carbons (Fsp3) is 0.308. The van der Waals surface area contributed by atoms with Crippen LogP contribution in [0.2, 0.25) is 10.2 Å². The molecule has 7 heteroatoms. The van der Waals surface area contributed by atoms with Crippen molar-refractivity contribution in [3.05, 3.63) is 37.9 Å². The van der Waals surface area contributed by atoms with E-state index >= 15 is 0 Å². The van der Waals surface area contributed by atoms with Crippen LogP contribution in [0.5, 0.6) is 0 Å². The van der Waals surface area contributed by atoms with E-state index in [9.17, 15) is 14.7 Å². The van der Waals surface area contributed by atoms with Gasteiger partial charge in [-0.1, -0.05) is 23.2 Å². The van der Waals surface area contributed by atoms with Crippen molar-refractivity contribution in [1.82, 2.24) is 9.55 Å². The highest BCUT2D eigenvalue weighted by Gasteiger charge is 2.29. The Morgan fingerprint density at radius 3 is 2.65 bits per heavy atom. The fourth-order valence-electron chi connectivity index (χ4n) is 2.34. The SMILES string of the molecule is Cc1nc(Cl)c(Cl)c2c1c(=O)c(C(=O)O)cn2C1CC1. The number of aromatic carboxylic acids is 1. The number of carboxylic acids is 1. The van der Waals surface area contributed by atoms with E-state index in [0.717, 1.165) is 12.8 Å². The van der Waals surface area contributed by atoms with Gasteiger partial charge in [-0.05, 0) is 19.8 Å². The molecule has 3 rings (SSSR count). The third kappa shape index (κ3) is 1.89. The van der Waals surface area contributed by atoms with Crippen molar-refractivity contribution in [1.29, 1.82) is 0 Å². The fourth-order valence-corrected chi connectivity index (χ4v) is 2.79. The molecule has 2 aromatic rings. The summed E-state index contributed by atoms with van der Waals surface area (Å²) in [5, 5.41) is 9.71. The summed E-state index contributed by atoms with van der Waals surface area (Å²) in [6, 6.07) is 0.159. The second kappa shape index (κ2) is 4.46. The Balaban J connectivity index is 2.55. The van der Waals surface area contributed by atoms with Gasteiger partial charge in [0.1, 0.15) is 15.7 Å². The van der Waals surface area contributed by atoms with Crippen LogP contribution in [0.25, 0.3) is 10.9 Å². The lowest BCUT2D eigenvalue weighted by atomic mass is 10.1. The minimum atomic E-state index is -1.25. The van der Waals surface area contributed by atoms with Gasteiger partial charge >= 0.3 is 5.97 Å². The van der Waals surface area contributed by atoms with Gasteiger partial charge in [-0.3, -0.25) is 4.79 Å². The Hall–Kier alpha value is -1.59. The average molecular weight is 313 g/mol. The number of halogens is 2. The second-order valence-corrected chi connectivity index (χ2v) is 5.58. The Bertz CT molecular complexity index is 810. The Morgan fingerprint density at radius 2 is 2.10 bits per heavy atom. The van der Waals surface area contributed by atoms with E-state index in [4.69, 9.17) is 23.2 Å². The molecule has 1 saturated carbocycles. The molecule has 0 amide bonds. The van der Waals surface area contributed by atoms with Gasteiger partial charge in [-0.2, -0.15) is 0 Å². The van der Waals surface area contributed by atoms with E-state index in [-0.39, 0.29) is 27.2 Å². The molecule has 0 atom stereocenters. The van der Waals surface area contributed by atoms with Crippen molar-refractivity contribution >= 4 is 40.1 Å². The summed E-state index contributed by atoms with van der Waals surface area (Å²) in [4.78, 5) is 27.6. The highest BCUT2D eigenvalue weighted by molar-refractivity contribution is 6.44. The third-order valence-corrected chi connectivity index (χ3v) is 4.15. The number of fused-ring (bicyclic) bond motifs is 1. The van der Waals surface area contributed by atoms with E-state index < -0.39 is 11.4 Å². The molecule has 1 aliphatic rings. The number of hydrogen-bond acceptors (Lipinski definition) is 3. The molecule has 1 N–H and O–H groups in total. The summed E-state index contributed by atoms with van der Waals surface area (Å²) in [5.41, 5.74) is 0.0132. The quantitative estimate of drug-likeness (QED) is 0.865. The molecule has 1 fully saturated rings. The van der Waals surface area contributed by atoms with Gasteiger partial charge in [0, 0.05) is 12.2 Å². The van der Waals surface area contributed by atoms with Crippen LogP contribution in [0.15, 0.2) is 11.0 Å². The maximum Gasteiger partial charge on any atom is 0.341 e. The number of pyridine rings is 2. The van der Waals surface area contributed by atoms with Gasteiger partial charge in [0.05, 0.1) is 16.6 Å². The van der Waals surface area contributed by atoms with Gasteiger partial charge in [-0.15, -0.1) is 0 Å². The van der Waals surface area contributed by atoms with E-state index in [0.29, 0.717) is 11.2 Å². The summed E-state index contributed by atoms with van der Waals surface area (Å²) in [7, 11) is 0. The number of aryl methyl sites for hydroxylation is 1. The summed E-state index contributed by atoms with van der Waals surface area (Å²) >= 11 is 12.1. The molecule has 2 aromatic heterocycles. The molecule has 0 spiro atoms. The normalized spacial score (nSPS) is 14.8. The zero-order valence-electron chi connectivity index (χ0n) is 10.5. The van der Waals surface area contributed by atoms with Gasteiger partial charge in [0.2, 0.25) is 5.43 Å². The first-order chi connectivity index (χ1) is 9.41. The monoisotopic (exact) mass is 312 g/mol. The number of carbonyl (C=O) groups is 1. The van der Waals surface area contributed by atoms with Crippen LogP contribution >= 0.6 is 23.2 Å². The van der Waals surface area contributed by atoms with E-state index in [2.05, 4.69) is 4.98 Å². The number of hydrogen-bond donors (Lipinski definition) is 1. The molecule has 0 aliphatic heterocycles. The van der Waals surface area contributed by atoms with Crippen LogP contribution in [-0.4, -0.2) is 20.6 Å². The molecule has 0 bridgehead atoms. The molecule has 5 nitrogen and oxygen atoms in total. The number of nitrogens with zero attached hydrogens (tertiary/aromatic N) is 2. The Kier molecular flexibility index (Phi) is 2.99. The first-order valence-corrected chi connectivity index (χ1v) is 6.81. The topological polar surface area (TPSA) is 72.2 Å². The predicted molar refractivity (Wildman–Crippen MR) is 76.0 cm³/mol. The molecular formula is C13H10Cl2N2O3. The minimum Gasteiger partial charge on any atom is -0.477 e. The highest BCUT2D eigenvalue weighted by Crippen LogP contribution is 2.40. The standard InChI is InChI=1S/C13H10Cl2N2O3/c1-5-8-10(9(14)12(15)16-5)17(6-2-3-6)4-7(11(8)18)13(19)20/h4,6H,2-3H2,1H3,(H,19,20). The summed E-state index contributed by atoms with van der Waals surface area (Å²) in [6.07, 6.45) is 3.20. The minimum absolute atomic E-state index is 0.119. The zero-order valence-corrected chi connectivity index (χ0v) is 12.0. The number of rotatable bonds is 2. The molecule has 0 saturated heterocycles. The predicted octanol–water partition coefficient (Wildman–Crippen LogP) is 3.04. The molecule has 20 heavy (non-hydrogen) atoms. The van der Waals surface area contributed by atoms with Crippen molar-refractivity contribution in [3.8, 4) is 0 Å². The summed E-state index contributed by atoms with van der Waals surface area (Å²) in [6.45, 7) is 1.62. The van der Waals surface area contributed by atoms with Crippen molar-refractivity contribution in [2.24, 2.45) is 0 Å². The molecule has 1 aliphatic carbocycles. The largest absolute Gasteiger partial charge is 0.477 e. The van der Waals surface area contributed by atoms with Crippen LogP contribution in [0.4, 0.5) is 0 Å². The van der Waals surface area contributed by atoms with E-state index in [1.807, 2.05) is 0 Å². The Morgan fingerprint density at radius 1 is 1.45 bits per heavy atom. The van der Waals surface area contributed by atoms with E-state index in [1.54, 1.807) is 11.5 Å². The smallest absolute Gasteiger partial charge is 0.341 e. The van der Waals surface area contributed by atoms with Crippen LogP contribution in [0.1, 0.15) is 34.9 Å². The molecule has 0 aromatic carbocycles. The number of carboxylic acid groups (broad SMARTS) is 1. The van der Waals surface area contributed by atoms with Gasteiger partial charge in [0.15, 0.2) is 0 Å². The Labute approximate surface area is 123 Å². The zero-order chi connectivity index (χ0) is 14.6. The maximum atomic E-state index is 12.3. The first kappa shape index (κ1) is 13.4. The van der Waals surface area contributed by atoms with Crippen LogP contribution < -0.4 is 5.43 Å². The lowest BCUT2D eigenvalue weighted by molar-refractivity contribution is 0.0695. The van der Waals surface area contributed by atoms with Gasteiger partial charge < -0.3 is 9.67 Å². The molecule has 2 heterocycles. The highest BCUT2D eigenvalue weighted by atomic mass is 35.5. The third-order valence-electron chi connectivity index (χ3n) is 3.42. The van der Waals surface area contributed by atoms with Crippen molar-refractivity contribution < 1.29 is 9.90 Å². The van der Waals surface area contributed by atoms with Gasteiger partial charge in [-0.25, -0.2) is 9.78 Å². The second-order valence-electron chi connectivity index (χ2n) is 4.84. The summed E-state index contributed by atoms with van der Waals surface area (Å²) < 4.78 is 1.74. The average Bonchev–Trinajstić information content (AvgIpc) is 3.19. The molecule has 0 unspecified atom stereocenters. The van der Waals surface area contributed by atoms with Crippen molar-refractivity contribution in [3.63, 3.8) is 0 Å². The lowest BCUT2D eigenvalue weighted by Gasteiger charge is -2.14. The first-order valence-electron chi connectivity index (χ1n) is 6.05. The van der Waals surface area contributed by atoms with E-state index in [1.165, 1.54) is 6.20 Å². The van der Waals surface area contributed by atoms with Crippen molar-refractivity contribution in [2.45, 2.75) is 25.8 Å². The summed E-state index contributed by atoms with van der Waals surface area (Å²) in [5.74, 6) is -1.25. The van der Waals surface area contributed by atoms with Crippen LogP contribution in [-0.2, 0) is 0 Å². The van der Waals surface area contributed by atoms with Crippen LogP contribution in [0.3, 0.4) is 0 Å². The molecule has 104 valence electrons. The lowest BCUT2D eigenvalue weighted by Crippen LogP contribution is -2.20. The number of aromatic nitrogens is 2. The van der Waals surface area contributed by atoms with Gasteiger partial charge in [0.25, 0.3) is 0 Å². The van der Waals surface area contributed by atoms with Crippen molar-refractivity contribution in [2.75, 3.05) is 0 Å². The van der Waals surface area contributed by atoms with Crippen LogP contribution in [0, 0.1) is 6.92 Å². The maximum absolute atomic E-state index is 12.3.